The maximum Gasteiger partial charge on any atom is 0.242 e. The Morgan fingerprint density at radius 3 is 2.37 bits per heavy atom. The van der Waals surface area contributed by atoms with Crippen molar-refractivity contribution < 1.29 is 9.59 Å². The number of carbonyl (C=O) groups is 2. The average Bonchev–Trinajstić information content (AvgIpc) is 2.67. The van der Waals surface area contributed by atoms with Gasteiger partial charge in [0.1, 0.15) is 6.04 Å². The topological polar surface area (TPSA) is 49.4 Å². The lowest BCUT2D eigenvalue weighted by Gasteiger charge is -2.29. The molecule has 2 rings (SSSR count). The van der Waals surface area contributed by atoms with Gasteiger partial charge in [-0.15, -0.1) is 11.8 Å². The molecule has 0 aromatic heterocycles. The quantitative estimate of drug-likeness (QED) is 0.436. The third-order valence-corrected chi connectivity index (χ3v) is 6.47. The number of nitrogens with zero attached hydrogens (tertiary/aromatic N) is 1. The van der Waals surface area contributed by atoms with Crippen LogP contribution in [0.15, 0.2) is 46.9 Å². The monoisotopic (exact) mass is 530 g/mol. The van der Waals surface area contributed by atoms with E-state index in [0.717, 1.165) is 15.6 Å². The van der Waals surface area contributed by atoms with E-state index in [4.69, 9.17) is 23.2 Å². The van der Waals surface area contributed by atoms with Crippen molar-refractivity contribution in [1.29, 1.82) is 0 Å². The molecule has 0 saturated heterocycles. The van der Waals surface area contributed by atoms with Crippen LogP contribution in [0.2, 0.25) is 10.0 Å². The number of carbonyl (C=O) groups excluding carboxylic acids is 2. The summed E-state index contributed by atoms with van der Waals surface area (Å²) in [6, 6.07) is 12.5. The molecule has 0 aliphatic carbocycles. The molecule has 0 bridgehead atoms. The summed E-state index contributed by atoms with van der Waals surface area (Å²) in [6.45, 7) is 5.75. The van der Waals surface area contributed by atoms with Gasteiger partial charge >= 0.3 is 0 Å². The smallest absolute Gasteiger partial charge is 0.242 e. The second kappa shape index (κ2) is 12.0. The van der Waals surface area contributed by atoms with Crippen LogP contribution in [-0.2, 0) is 21.9 Å². The predicted octanol–water partition coefficient (Wildman–Crippen LogP) is 5.93. The second-order valence-corrected chi connectivity index (χ2v) is 9.96. The van der Waals surface area contributed by atoms with Gasteiger partial charge in [-0.25, -0.2) is 0 Å². The molecule has 0 saturated carbocycles. The number of hydrogen-bond donors (Lipinski definition) is 1. The average molecular weight is 532 g/mol. The molecule has 1 atom stereocenters. The first-order valence-electron chi connectivity index (χ1n) is 9.53. The molecule has 0 heterocycles. The van der Waals surface area contributed by atoms with Crippen LogP contribution in [0.5, 0.6) is 0 Å². The lowest BCUT2D eigenvalue weighted by atomic mass is 10.1. The summed E-state index contributed by atoms with van der Waals surface area (Å²) in [5.74, 6) is 0.665. The van der Waals surface area contributed by atoms with Crippen LogP contribution < -0.4 is 5.32 Å². The maximum atomic E-state index is 13.1. The second-order valence-electron chi connectivity index (χ2n) is 7.22. The highest BCUT2D eigenvalue weighted by Gasteiger charge is 2.27. The fourth-order valence-corrected chi connectivity index (χ4v) is 4.34. The van der Waals surface area contributed by atoms with Gasteiger partial charge in [0, 0.05) is 32.9 Å². The molecule has 0 aliphatic heterocycles. The number of thioether (sulfide) groups is 1. The Balaban J connectivity index is 2.11. The number of amides is 2. The number of benzene rings is 2. The molecule has 0 fully saturated rings. The summed E-state index contributed by atoms with van der Waals surface area (Å²) in [4.78, 5) is 27.2. The van der Waals surface area contributed by atoms with Gasteiger partial charge in [-0.1, -0.05) is 57.3 Å². The van der Waals surface area contributed by atoms with E-state index in [9.17, 15) is 9.59 Å². The SMILES string of the molecule is CC(C)NC(=O)[C@@H](C)N(Cc1ccc(Cl)cc1Cl)C(=O)CSCc1ccc(Br)cc1. The Hall–Kier alpha value is -1.21. The summed E-state index contributed by atoms with van der Waals surface area (Å²) >= 11 is 17.2. The fourth-order valence-electron chi connectivity index (χ4n) is 2.74. The lowest BCUT2D eigenvalue weighted by Crippen LogP contribution is -2.49. The molecule has 0 unspecified atom stereocenters. The van der Waals surface area contributed by atoms with Crippen LogP contribution in [-0.4, -0.2) is 34.6 Å². The first-order chi connectivity index (χ1) is 14.2. The summed E-state index contributed by atoms with van der Waals surface area (Å²) in [5, 5.41) is 3.87. The fraction of sp³-hybridized carbons (Fsp3) is 0.364. The molecule has 2 aromatic carbocycles. The van der Waals surface area contributed by atoms with E-state index in [1.54, 1.807) is 30.0 Å². The number of nitrogens with one attached hydrogen (secondary N) is 1. The largest absolute Gasteiger partial charge is 0.352 e. The minimum atomic E-state index is -0.625. The Morgan fingerprint density at radius 2 is 1.77 bits per heavy atom. The molecule has 0 aliphatic rings. The summed E-state index contributed by atoms with van der Waals surface area (Å²) < 4.78 is 1.02. The van der Waals surface area contributed by atoms with Crippen LogP contribution in [0.25, 0.3) is 0 Å². The molecule has 2 aromatic rings. The third kappa shape index (κ3) is 7.80. The standard InChI is InChI=1S/C22H25BrCl2N2O2S/c1-14(2)26-22(29)15(3)27(11-17-6-9-19(24)10-20(17)25)21(28)13-30-12-16-4-7-18(23)8-5-16/h4-10,14-15H,11-13H2,1-3H3,(H,26,29)/t15-/m1/s1. The van der Waals surface area contributed by atoms with Gasteiger partial charge < -0.3 is 10.2 Å². The number of rotatable bonds is 9. The van der Waals surface area contributed by atoms with E-state index >= 15 is 0 Å². The molecule has 162 valence electrons. The lowest BCUT2D eigenvalue weighted by molar-refractivity contribution is -0.138. The summed E-state index contributed by atoms with van der Waals surface area (Å²) in [7, 11) is 0. The highest BCUT2D eigenvalue weighted by atomic mass is 79.9. The first kappa shape index (κ1) is 25.1. The van der Waals surface area contributed by atoms with Crippen molar-refractivity contribution in [3.63, 3.8) is 0 Å². The Kier molecular flexibility index (Phi) is 10.0. The molecular weight excluding hydrogens is 507 g/mol. The molecule has 4 nitrogen and oxygen atoms in total. The van der Waals surface area contributed by atoms with Gasteiger partial charge in [0.2, 0.25) is 11.8 Å². The van der Waals surface area contributed by atoms with Gasteiger partial charge in [0.25, 0.3) is 0 Å². The van der Waals surface area contributed by atoms with Crippen molar-refractivity contribution in [2.75, 3.05) is 5.75 Å². The predicted molar refractivity (Wildman–Crippen MR) is 130 cm³/mol. The van der Waals surface area contributed by atoms with E-state index in [1.165, 1.54) is 11.8 Å². The van der Waals surface area contributed by atoms with E-state index in [0.29, 0.717) is 15.8 Å². The summed E-state index contributed by atoms with van der Waals surface area (Å²) in [6.07, 6.45) is 0. The molecule has 0 radical (unpaired) electrons. The van der Waals surface area contributed by atoms with Crippen molar-refractivity contribution in [1.82, 2.24) is 10.2 Å². The van der Waals surface area contributed by atoms with Crippen molar-refractivity contribution in [3.05, 3.63) is 68.1 Å². The Bertz CT molecular complexity index is 878. The highest BCUT2D eigenvalue weighted by molar-refractivity contribution is 9.10. The van der Waals surface area contributed by atoms with E-state index in [-0.39, 0.29) is 30.2 Å². The van der Waals surface area contributed by atoms with E-state index < -0.39 is 6.04 Å². The van der Waals surface area contributed by atoms with Crippen LogP contribution in [0, 0.1) is 0 Å². The van der Waals surface area contributed by atoms with Gasteiger partial charge in [-0.3, -0.25) is 9.59 Å². The van der Waals surface area contributed by atoms with E-state index in [1.807, 2.05) is 38.1 Å². The normalized spacial score (nSPS) is 12.0. The molecule has 0 spiro atoms. The summed E-state index contributed by atoms with van der Waals surface area (Å²) in [5.41, 5.74) is 1.88. The maximum absolute atomic E-state index is 13.1. The number of hydrogen-bond acceptors (Lipinski definition) is 3. The molecular formula is C22H25BrCl2N2O2S. The van der Waals surface area contributed by atoms with Crippen LogP contribution in [0.1, 0.15) is 31.9 Å². The third-order valence-electron chi connectivity index (χ3n) is 4.36. The van der Waals surface area contributed by atoms with Crippen LogP contribution in [0.3, 0.4) is 0 Å². The first-order valence-corrected chi connectivity index (χ1v) is 12.2. The zero-order chi connectivity index (χ0) is 22.3. The van der Waals surface area contributed by atoms with Crippen molar-refractivity contribution >= 4 is 62.7 Å². The van der Waals surface area contributed by atoms with E-state index in [2.05, 4.69) is 21.2 Å². The van der Waals surface area contributed by atoms with Gasteiger partial charge in [-0.05, 0) is 56.2 Å². The van der Waals surface area contributed by atoms with Crippen molar-refractivity contribution in [3.8, 4) is 0 Å². The zero-order valence-electron chi connectivity index (χ0n) is 17.1. The van der Waals surface area contributed by atoms with Gasteiger partial charge in [-0.2, -0.15) is 0 Å². The van der Waals surface area contributed by atoms with Gasteiger partial charge in [0.15, 0.2) is 0 Å². The van der Waals surface area contributed by atoms with Gasteiger partial charge in [0.05, 0.1) is 5.75 Å². The zero-order valence-corrected chi connectivity index (χ0v) is 21.0. The Morgan fingerprint density at radius 1 is 1.10 bits per heavy atom. The highest BCUT2D eigenvalue weighted by Crippen LogP contribution is 2.24. The minimum absolute atomic E-state index is 0.0113. The molecule has 2 amide bonds. The van der Waals surface area contributed by atoms with Crippen molar-refractivity contribution in [2.45, 2.75) is 45.2 Å². The van der Waals surface area contributed by atoms with Crippen LogP contribution >= 0.6 is 50.9 Å². The molecule has 8 heteroatoms. The Labute approximate surface area is 200 Å². The molecule has 1 N–H and O–H groups in total. The minimum Gasteiger partial charge on any atom is -0.352 e. The number of halogens is 3. The van der Waals surface area contributed by atoms with Crippen LogP contribution in [0.4, 0.5) is 0 Å². The van der Waals surface area contributed by atoms with Crippen molar-refractivity contribution in [2.24, 2.45) is 0 Å². The molecule has 30 heavy (non-hydrogen) atoms.